The second-order valence-corrected chi connectivity index (χ2v) is 8.03. The highest BCUT2D eigenvalue weighted by Gasteiger charge is 2.41. The second kappa shape index (κ2) is 6.34. The minimum Gasteiger partial charge on any atom is -0.341 e. The van der Waals surface area contributed by atoms with Crippen molar-refractivity contribution in [3.8, 4) is 0 Å². The molecule has 0 aliphatic carbocycles. The van der Waals surface area contributed by atoms with Crippen molar-refractivity contribution >= 4 is 21.7 Å². The molecule has 2 fully saturated rings. The number of likely N-dealkylation sites (tertiary alicyclic amines) is 1. The molecular weight excluding hydrogens is 292 g/mol. The summed E-state index contributed by atoms with van der Waals surface area (Å²) in [7, 11) is -3.08. The van der Waals surface area contributed by atoms with Gasteiger partial charge >= 0.3 is 0 Å². The molecular formula is C14H24N2O4S. The molecule has 2 aliphatic rings. The van der Waals surface area contributed by atoms with Gasteiger partial charge in [0.25, 0.3) is 0 Å². The van der Waals surface area contributed by atoms with Gasteiger partial charge in [-0.05, 0) is 33.1 Å². The van der Waals surface area contributed by atoms with E-state index >= 15 is 0 Å². The summed E-state index contributed by atoms with van der Waals surface area (Å²) in [6.07, 6.45) is 1.88. The summed E-state index contributed by atoms with van der Waals surface area (Å²) in [5.41, 5.74) is 0. The lowest BCUT2D eigenvalue weighted by molar-refractivity contribution is -0.145. The molecule has 2 aliphatic heterocycles. The third-order valence-electron chi connectivity index (χ3n) is 4.48. The predicted molar refractivity (Wildman–Crippen MR) is 79.4 cm³/mol. The standard InChI is InChI=1S/C14H24N2O4S/c1-3-15(4-2)14(18)12-6-5-8-16(12)13(17)11-7-9-21(19,20)10-11/h11-12H,3-10H2,1-2H3/t11-,12+/m0/s1. The third kappa shape index (κ3) is 3.39. The van der Waals surface area contributed by atoms with E-state index in [0.29, 0.717) is 32.5 Å². The highest BCUT2D eigenvalue weighted by Crippen LogP contribution is 2.26. The molecule has 2 rings (SSSR count). The van der Waals surface area contributed by atoms with Crippen molar-refractivity contribution in [1.29, 1.82) is 0 Å². The van der Waals surface area contributed by atoms with Gasteiger partial charge in [-0.3, -0.25) is 9.59 Å². The molecule has 120 valence electrons. The molecule has 0 aromatic heterocycles. The molecule has 0 unspecified atom stereocenters. The fraction of sp³-hybridized carbons (Fsp3) is 0.857. The van der Waals surface area contributed by atoms with E-state index in [9.17, 15) is 18.0 Å². The molecule has 2 saturated heterocycles. The number of amides is 2. The lowest BCUT2D eigenvalue weighted by atomic mass is 10.1. The Hall–Kier alpha value is -1.11. The Kier molecular flexibility index (Phi) is 4.91. The zero-order valence-corrected chi connectivity index (χ0v) is 13.6. The number of likely N-dealkylation sites (N-methyl/N-ethyl adjacent to an activating group) is 1. The summed E-state index contributed by atoms with van der Waals surface area (Å²) in [5.74, 6) is -0.591. The molecule has 0 aromatic carbocycles. The van der Waals surface area contributed by atoms with E-state index in [4.69, 9.17) is 0 Å². The Morgan fingerprint density at radius 1 is 1.19 bits per heavy atom. The fourth-order valence-electron chi connectivity index (χ4n) is 3.26. The number of sulfone groups is 1. The van der Waals surface area contributed by atoms with E-state index in [-0.39, 0.29) is 23.3 Å². The number of hydrogen-bond donors (Lipinski definition) is 0. The van der Waals surface area contributed by atoms with Gasteiger partial charge in [0, 0.05) is 19.6 Å². The monoisotopic (exact) mass is 316 g/mol. The van der Waals surface area contributed by atoms with E-state index in [0.717, 1.165) is 6.42 Å². The minimum absolute atomic E-state index is 0.00768. The van der Waals surface area contributed by atoms with Crippen LogP contribution >= 0.6 is 0 Å². The van der Waals surface area contributed by atoms with Crippen LogP contribution in [0, 0.1) is 5.92 Å². The van der Waals surface area contributed by atoms with E-state index in [2.05, 4.69) is 0 Å². The van der Waals surface area contributed by atoms with Crippen LogP contribution in [0.1, 0.15) is 33.1 Å². The molecule has 0 aromatic rings. The van der Waals surface area contributed by atoms with Crippen LogP contribution < -0.4 is 0 Å². The van der Waals surface area contributed by atoms with Crippen molar-refractivity contribution < 1.29 is 18.0 Å². The van der Waals surface area contributed by atoms with Crippen LogP contribution in [0.3, 0.4) is 0 Å². The average molecular weight is 316 g/mol. The van der Waals surface area contributed by atoms with E-state index in [1.165, 1.54) is 0 Å². The van der Waals surface area contributed by atoms with E-state index < -0.39 is 21.8 Å². The second-order valence-electron chi connectivity index (χ2n) is 5.80. The maximum atomic E-state index is 12.5. The summed E-state index contributed by atoms with van der Waals surface area (Å²) >= 11 is 0. The van der Waals surface area contributed by atoms with Gasteiger partial charge in [-0.25, -0.2) is 8.42 Å². The van der Waals surface area contributed by atoms with Crippen LogP contribution in [-0.2, 0) is 19.4 Å². The van der Waals surface area contributed by atoms with Crippen LogP contribution in [-0.4, -0.2) is 67.2 Å². The van der Waals surface area contributed by atoms with E-state index in [1.807, 2.05) is 13.8 Å². The number of carbonyl (C=O) groups excluding carboxylic acids is 2. The van der Waals surface area contributed by atoms with Crippen LogP contribution in [0.15, 0.2) is 0 Å². The number of rotatable bonds is 4. The minimum atomic E-state index is -3.08. The molecule has 2 atom stereocenters. The Labute approximate surface area is 126 Å². The van der Waals surface area contributed by atoms with E-state index in [1.54, 1.807) is 9.80 Å². The number of carbonyl (C=O) groups is 2. The van der Waals surface area contributed by atoms with Crippen molar-refractivity contribution in [2.45, 2.75) is 39.2 Å². The van der Waals surface area contributed by atoms with Gasteiger partial charge in [0.15, 0.2) is 9.84 Å². The van der Waals surface area contributed by atoms with Crippen LogP contribution in [0.25, 0.3) is 0 Å². The Morgan fingerprint density at radius 2 is 1.86 bits per heavy atom. The molecule has 0 saturated carbocycles. The molecule has 2 amide bonds. The van der Waals surface area contributed by atoms with Gasteiger partial charge < -0.3 is 9.80 Å². The maximum Gasteiger partial charge on any atom is 0.245 e. The fourth-order valence-corrected chi connectivity index (χ4v) is 4.99. The van der Waals surface area contributed by atoms with Gasteiger partial charge in [0.05, 0.1) is 17.4 Å². The summed E-state index contributed by atoms with van der Waals surface area (Å²) in [6, 6.07) is -0.402. The molecule has 21 heavy (non-hydrogen) atoms. The first kappa shape index (κ1) is 16.3. The molecule has 0 N–H and O–H groups in total. The normalized spacial score (nSPS) is 27.8. The van der Waals surface area contributed by atoms with Gasteiger partial charge in [-0.1, -0.05) is 0 Å². The number of hydrogen-bond acceptors (Lipinski definition) is 4. The Balaban J connectivity index is 2.08. The highest BCUT2D eigenvalue weighted by molar-refractivity contribution is 7.91. The average Bonchev–Trinajstić information content (AvgIpc) is 3.05. The lowest BCUT2D eigenvalue weighted by Gasteiger charge is -2.30. The summed E-state index contributed by atoms with van der Waals surface area (Å²) in [5, 5.41) is 0. The van der Waals surface area contributed by atoms with Crippen molar-refractivity contribution in [2.75, 3.05) is 31.1 Å². The predicted octanol–water partition coefficient (Wildman–Crippen LogP) is 0.281. The molecule has 0 bridgehead atoms. The molecule has 0 radical (unpaired) electrons. The van der Waals surface area contributed by atoms with Crippen LogP contribution in [0.5, 0.6) is 0 Å². The lowest BCUT2D eigenvalue weighted by Crippen LogP contribution is -2.49. The van der Waals surface area contributed by atoms with Gasteiger partial charge in [0.1, 0.15) is 6.04 Å². The number of nitrogens with zero attached hydrogens (tertiary/aromatic N) is 2. The Morgan fingerprint density at radius 3 is 2.38 bits per heavy atom. The highest BCUT2D eigenvalue weighted by atomic mass is 32.2. The first-order valence-electron chi connectivity index (χ1n) is 7.69. The van der Waals surface area contributed by atoms with Crippen LogP contribution in [0.2, 0.25) is 0 Å². The molecule has 7 heteroatoms. The molecule has 6 nitrogen and oxygen atoms in total. The van der Waals surface area contributed by atoms with Gasteiger partial charge in [-0.15, -0.1) is 0 Å². The topological polar surface area (TPSA) is 74.8 Å². The van der Waals surface area contributed by atoms with Crippen molar-refractivity contribution in [3.63, 3.8) is 0 Å². The largest absolute Gasteiger partial charge is 0.341 e. The first-order chi connectivity index (χ1) is 9.89. The maximum absolute atomic E-state index is 12.5. The molecule has 2 heterocycles. The van der Waals surface area contributed by atoms with Crippen LogP contribution in [0.4, 0.5) is 0 Å². The van der Waals surface area contributed by atoms with Crippen molar-refractivity contribution in [1.82, 2.24) is 9.80 Å². The van der Waals surface area contributed by atoms with Gasteiger partial charge in [-0.2, -0.15) is 0 Å². The summed E-state index contributed by atoms with van der Waals surface area (Å²) < 4.78 is 23.1. The first-order valence-corrected chi connectivity index (χ1v) is 9.51. The van der Waals surface area contributed by atoms with Gasteiger partial charge in [0.2, 0.25) is 11.8 Å². The SMILES string of the molecule is CCN(CC)C(=O)[C@H]1CCCN1C(=O)[C@H]1CCS(=O)(=O)C1. The smallest absolute Gasteiger partial charge is 0.245 e. The zero-order chi connectivity index (χ0) is 15.6. The summed E-state index contributed by atoms with van der Waals surface area (Å²) in [4.78, 5) is 28.4. The summed E-state index contributed by atoms with van der Waals surface area (Å²) in [6.45, 7) is 5.67. The zero-order valence-electron chi connectivity index (χ0n) is 12.7. The third-order valence-corrected chi connectivity index (χ3v) is 6.25. The quantitative estimate of drug-likeness (QED) is 0.747. The van der Waals surface area contributed by atoms with Crippen molar-refractivity contribution in [3.05, 3.63) is 0 Å². The van der Waals surface area contributed by atoms with Crippen molar-refractivity contribution in [2.24, 2.45) is 5.92 Å². The Bertz CT molecular complexity index is 513. The molecule has 0 spiro atoms.